The summed E-state index contributed by atoms with van der Waals surface area (Å²) in [6, 6.07) is 4.79. The number of ether oxygens (including phenoxy) is 1. The second kappa shape index (κ2) is 7.13. The lowest BCUT2D eigenvalue weighted by Crippen LogP contribution is -2.36. The Morgan fingerprint density at radius 2 is 2.04 bits per heavy atom. The molecule has 0 spiro atoms. The summed E-state index contributed by atoms with van der Waals surface area (Å²) in [6.45, 7) is 3.65. The summed E-state index contributed by atoms with van der Waals surface area (Å²) in [4.78, 5) is 18.6. The highest BCUT2D eigenvalue weighted by Gasteiger charge is 2.30. The predicted molar refractivity (Wildman–Crippen MR) is 88.5 cm³/mol. The van der Waals surface area contributed by atoms with Crippen LogP contribution in [0.25, 0.3) is 10.6 Å². The molecule has 0 radical (unpaired) electrons. The molecule has 1 fully saturated rings. The van der Waals surface area contributed by atoms with Crippen molar-refractivity contribution in [3.8, 4) is 10.6 Å². The molecule has 2 aromatic rings. The monoisotopic (exact) mass is 370 g/mol. The molecule has 1 saturated heterocycles. The molecule has 1 amide bonds. The van der Waals surface area contributed by atoms with Crippen LogP contribution in [0.5, 0.6) is 0 Å². The van der Waals surface area contributed by atoms with Crippen LogP contribution in [0, 0.1) is 0 Å². The minimum atomic E-state index is -4.37. The highest BCUT2D eigenvalue weighted by atomic mass is 32.1. The van der Waals surface area contributed by atoms with E-state index in [-0.39, 0.29) is 12.0 Å². The molecule has 0 bridgehead atoms. The largest absolute Gasteiger partial charge is 0.416 e. The summed E-state index contributed by atoms with van der Waals surface area (Å²) in [5.41, 5.74) is 0.168. The second-order valence-electron chi connectivity index (χ2n) is 5.90. The highest BCUT2D eigenvalue weighted by molar-refractivity contribution is 7.13. The van der Waals surface area contributed by atoms with E-state index in [4.69, 9.17) is 4.74 Å². The standard InChI is InChI=1S/C17H17F3N2O2S/c1-11-9-22(7-2-8-24-11)16(23)14-10-25-15(21-14)12-3-5-13(6-4-12)17(18,19)20/h3-6,10-11H,2,7-9H2,1H3/t11-/m1/s1. The molecule has 0 saturated carbocycles. The highest BCUT2D eigenvalue weighted by Crippen LogP contribution is 2.32. The minimum Gasteiger partial charge on any atom is -0.377 e. The van der Waals surface area contributed by atoms with Crippen molar-refractivity contribution in [2.75, 3.05) is 19.7 Å². The van der Waals surface area contributed by atoms with E-state index < -0.39 is 11.7 Å². The minimum absolute atomic E-state index is 0.0283. The Morgan fingerprint density at radius 3 is 2.72 bits per heavy atom. The van der Waals surface area contributed by atoms with Crippen LogP contribution in [0.1, 0.15) is 29.4 Å². The van der Waals surface area contributed by atoms with Crippen molar-refractivity contribution in [2.24, 2.45) is 0 Å². The summed E-state index contributed by atoms with van der Waals surface area (Å²) < 4.78 is 43.4. The van der Waals surface area contributed by atoms with Gasteiger partial charge in [-0.25, -0.2) is 4.98 Å². The summed E-state index contributed by atoms with van der Waals surface area (Å²) in [5.74, 6) is -0.174. The van der Waals surface area contributed by atoms with Crippen LogP contribution in [0.2, 0.25) is 0 Å². The molecule has 0 N–H and O–H groups in total. The number of alkyl halides is 3. The first-order chi connectivity index (χ1) is 11.8. The van der Waals surface area contributed by atoms with Crippen molar-refractivity contribution in [1.29, 1.82) is 0 Å². The molecule has 0 unspecified atom stereocenters. The van der Waals surface area contributed by atoms with Crippen molar-refractivity contribution in [2.45, 2.75) is 25.6 Å². The molecule has 1 aliphatic heterocycles. The maximum Gasteiger partial charge on any atom is 0.416 e. The number of amides is 1. The molecular weight excluding hydrogens is 353 g/mol. The fraction of sp³-hybridized carbons (Fsp3) is 0.412. The lowest BCUT2D eigenvalue weighted by atomic mass is 10.1. The zero-order valence-electron chi connectivity index (χ0n) is 13.5. The van der Waals surface area contributed by atoms with Crippen LogP contribution in [0.4, 0.5) is 13.2 Å². The Balaban J connectivity index is 1.76. The Bertz CT molecular complexity index is 743. The van der Waals surface area contributed by atoms with Crippen molar-refractivity contribution >= 4 is 17.2 Å². The van der Waals surface area contributed by atoms with Crippen molar-refractivity contribution in [3.63, 3.8) is 0 Å². The van der Waals surface area contributed by atoms with Crippen molar-refractivity contribution < 1.29 is 22.7 Å². The first-order valence-electron chi connectivity index (χ1n) is 7.88. The van der Waals surface area contributed by atoms with Crippen LogP contribution >= 0.6 is 11.3 Å². The molecule has 1 atom stereocenters. The number of hydrogen-bond acceptors (Lipinski definition) is 4. The number of carbonyl (C=O) groups excluding carboxylic acids is 1. The van der Waals surface area contributed by atoms with Gasteiger partial charge in [0.2, 0.25) is 0 Å². The normalized spacial score (nSPS) is 18.9. The third kappa shape index (κ3) is 4.19. The quantitative estimate of drug-likeness (QED) is 0.800. The molecule has 1 aromatic heterocycles. The number of carbonyl (C=O) groups is 1. The summed E-state index contributed by atoms with van der Waals surface area (Å²) >= 11 is 1.24. The molecule has 134 valence electrons. The third-order valence-electron chi connectivity index (χ3n) is 3.92. The molecule has 25 heavy (non-hydrogen) atoms. The summed E-state index contributed by atoms with van der Waals surface area (Å²) in [5, 5.41) is 2.17. The molecule has 0 aliphatic carbocycles. The molecule has 3 rings (SSSR count). The van der Waals surface area contributed by atoms with Gasteiger partial charge in [-0.2, -0.15) is 13.2 Å². The molecular formula is C17H17F3N2O2S. The smallest absolute Gasteiger partial charge is 0.377 e. The Morgan fingerprint density at radius 1 is 1.32 bits per heavy atom. The average molecular weight is 370 g/mol. The van der Waals surface area contributed by atoms with Gasteiger partial charge < -0.3 is 9.64 Å². The van der Waals surface area contributed by atoms with Gasteiger partial charge in [0.05, 0.1) is 11.7 Å². The first kappa shape index (κ1) is 17.9. The van der Waals surface area contributed by atoms with Crippen LogP contribution in [0.15, 0.2) is 29.6 Å². The molecule has 4 nitrogen and oxygen atoms in total. The van der Waals surface area contributed by atoms with Gasteiger partial charge in [0.25, 0.3) is 5.91 Å². The number of thiazole rings is 1. The topological polar surface area (TPSA) is 42.4 Å². The molecule has 1 aromatic carbocycles. The average Bonchev–Trinajstić information content (AvgIpc) is 2.96. The number of aromatic nitrogens is 1. The number of hydrogen-bond donors (Lipinski definition) is 0. The SMILES string of the molecule is C[C@@H]1CN(C(=O)c2csc(-c3ccc(C(F)(F)F)cc3)n2)CCCO1. The van der Waals surface area contributed by atoms with Gasteiger partial charge in [0.15, 0.2) is 0 Å². The van der Waals surface area contributed by atoms with Gasteiger partial charge in [-0.1, -0.05) is 12.1 Å². The van der Waals surface area contributed by atoms with Crippen molar-refractivity contribution in [1.82, 2.24) is 9.88 Å². The Kier molecular flexibility index (Phi) is 5.10. The first-order valence-corrected chi connectivity index (χ1v) is 8.76. The van der Waals surface area contributed by atoms with E-state index in [9.17, 15) is 18.0 Å². The maximum atomic E-state index is 12.6. The van der Waals surface area contributed by atoms with E-state index >= 15 is 0 Å². The Labute approximate surface area is 147 Å². The Hall–Kier alpha value is -1.93. The van der Waals surface area contributed by atoms with Crippen LogP contribution in [-0.4, -0.2) is 41.6 Å². The maximum absolute atomic E-state index is 12.6. The van der Waals surface area contributed by atoms with Crippen LogP contribution in [-0.2, 0) is 10.9 Å². The zero-order chi connectivity index (χ0) is 18.0. The van der Waals surface area contributed by atoms with Gasteiger partial charge in [0.1, 0.15) is 10.7 Å². The van der Waals surface area contributed by atoms with Gasteiger partial charge in [-0.15, -0.1) is 11.3 Å². The lowest BCUT2D eigenvalue weighted by molar-refractivity contribution is -0.137. The fourth-order valence-electron chi connectivity index (χ4n) is 2.65. The molecule has 2 heterocycles. The van der Waals surface area contributed by atoms with E-state index in [2.05, 4.69) is 4.98 Å². The number of halogens is 3. The number of rotatable bonds is 2. The van der Waals surface area contributed by atoms with E-state index in [1.54, 1.807) is 10.3 Å². The summed E-state index contributed by atoms with van der Waals surface area (Å²) in [6.07, 6.45) is -3.63. The van der Waals surface area contributed by atoms with Gasteiger partial charge in [-0.05, 0) is 25.5 Å². The lowest BCUT2D eigenvalue weighted by Gasteiger charge is -2.21. The fourth-order valence-corrected chi connectivity index (χ4v) is 3.45. The van der Waals surface area contributed by atoms with E-state index in [0.717, 1.165) is 18.6 Å². The van der Waals surface area contributed by atoms with Crippen LogP contribution < -0.4 is 0 Å². The van der Waals surface area contributed by atoms with E-state index in [0.29, 0.717) is 36.0 Å². The van der Waals surface area contributed by atoms with Crippen LogP contribution in [0.3, 0.4) is 0 Å². The van der Waals surface area contributed by atoms with E-state index in [1.807, 2.05) is 6.92 Å². The summed E-state index contributed by atoms with van der Waals surface area (Å²) in [7, 11) is 0. The predicted octanol–water partition coefficient (Wildman–Crippen LogP) is 4.08. The van der Waals surface area contributed by atoms with Gasteiger partial charge in [-0.3, -0.25) is 4.79 Å². The zero-order valence-corrected chi connectivity index (χ0v) is 14.4. The van der Waals surface area contributed by atoms with E-state index in [1.165, 1.54) is 23.5 Å². The van der Waals surface area contributed by atoms with Gasteiger partial charge >= 0.3 is 6.18 Å². The van der Waals surface area contributed by atoms with Crippen molar-refractivity contribution in [3.05, 3.63) is 40.9 Å². The van der Waals surface area contributed by atoms with Gasteiger partial charge in [0, 0.05) is 30.6 Å². The molecule has 8 heteroatoms. The molecule has 1 aliphatic rings. The second-order valence-corrected chi connectivity index (χ2v) is 6.76. The number of nitrogens with zero attached hydrogens (tertiary/aromatic N) is 2. The number of benzene rings is 1. The third-order valence-corrected chi connectivity index (χ3v) is 4.81.